The van der Waals surface area contributed by atoms with E-state index in [-0.39, 0.29) is 22.4 Å². The molecule has 102 valence electrons. The molecule has 1 saturated heterocycles. The van der Waals surface area contributed by atoms with Gasteiger partial charge in [-0.3, -0.25) is 0 Å². The summed E-state index contributed by atoms with van der Waals surface area (Å²) in [5.41, 5.74) is 6.66. The summed E-state index contributed by atoms with van der Waals surface area (Å²) in [6.07, 6.45) is 3.14. The summed E-state index contributed by atoms with van der Waals surface area (Å²) in [4.78, 5) is 2.06. The summed E-state index contributed by atoms with van der Waals surface area (Å²) >= 11 is 3.16. The first kappa shape index (κ1) is 14.3. The van der Waals surface area contributed by atoms with Crippen LogP contribution in [0, 0.1) is 17.1 Å². The summed E-state index contributed by atoms with van der Waals surface area (Å²) in [5, 5.41) is 8.91. The van der Waals surface area contributed by atoms with Gasteiger partial charge in [0.15, 0.2) is 5.82 Å². The van der Waals surface area contributed by atoms with E-state index in [0.717, 1.165) is 19.3 Å². The lowest BCUT2D eigenvalue weighted by atomic mass is 9.95. The second kappa shape index (κ2) is 5.89. The van der Waals surface area contributed by atoms with Gasteiger partial charge in [0.1, 0.15) is 6.07 Å². The second-order valence-electron chi connectivity index (χ2n) is 4.95. The van der Waals surface area contributed by atoms with Gasteiger partial charge < -0.3 is 10.6 Å². The monoisotopic (exact) mass is 325 g/mol. The Morgan fingerprint density at radius 1 is 1.53 bits per heavy atom. The van der Waals surface area contributed by atoms with Gasteiger partial charge in [-0.2, -0.15) is 5.26 Å². The zero-order chi connectivity index (χ0) is 14.0. The van der Waals surface area contributed by atoms with E-state index in [1.807, 2.05) is 6.07 Å². The van der Waals surface area contributed by atoms with Crippen molar-refractivity contribution in [2.45, 2.75) is 38.3 Å². The van der Waals surface area contributed by atoms with Crippen LogP contribution in [0.25, 0.3) is 0 Å². The van der Waals surface area contributed by atoms with Crippen LogP contribution in [0.5, 0.6) is 0 Å². The first-order valence-electron chi connectivity index (χ1n) is 6.46. The molecule has 2 atom stereocenters. The van der Waals surface area contributed by atoms with E-state index in [1.54, 1.807) is 12.1 Å². The number of anilines is 1. The minimum absolute atomic E-state index is 0.165. The molecule has 1 aromatic rings. The van der Waals surface area contributed by atoms with E-state index in [9.17, 15) is 4.39 Å². The summed E-state index contributed by atoms with van der Waals surface area (Å²) < 4.78 is 14.7. The molecule has 0 aromatic heterocycles. The fourth-order valence-corrected chi connectivity index (χ4v) is 3.20. The average molecular weight is 326 g/mol. The first-order valence-corrected chi connectivity index (χ1v) is 7.26. The summed E-state index contributed by atoms with van der Waals surface area (Å²) in [5.74, 6) is -0.369. The van der Waals surface area contributed by atoms with Gasteiger partial charge in [-0.15, -0.1) is 0 Å². The number of nitriles is 1. The third-order valence-electron chi connectivity index (χ3n) is 3.76. The van der Waals surface area contributed by atoms with Gasteiger partial charge in [-0.05, 0) is 54.2 Å². The van der Waals surface area contributed by atoms with Crippen molar-refractivity contribution in [2.75, 3.05) is 11.4 Å². The molecule has 0 aliphatic carbocycles. The van der Waals surface area contributed by atoms with E-state index < -0.39 is 0 Å². The zero-order valence-electron chi connectivity index (χ0n) is 10.9. The lowest BCUT2D eigenvalue weighted by Gasteiger charge is -2.42. The standard InChI is InChI=1S/C14H17BrFN3/c1-9-3-2-4-11(8-18)19(9)12-6-5-10(7-17)13(15)14(12)16/h5-6,9,11H,2-4,8,18H2,1H3. The van der Waals surface area contributed by atoms with Crippen molar-refractivity contribution < 1.29 is 4.39 Å². The molecule has 1 aromatic carbocycles. The van der Waals surface area contributed by atoms with Crippen molar-refractivity contribution in [2.24, 2.45) is 5.73 Å². The van der Waals surface area contributed by atoms with Crippen LogP contribution in [-0.2, 0) is 0 Å². The highest BCUT2D eigenvalue weighted by atomic mass is 79.9. The number of hydrogen-bond donors (Lipinski definition) is 1. The molecule has 5 heteroatoms. The molecular weight excluding hydrogens is 309 g/mol. The Hall–Kier alpha value is -1.12. The Balaban J connectivity index is 2.45. The summed E-state index contributed by atoms with van der Waals surface area (Å²) in [6.45, 7) is 2.61. The van der Waals surface area contributed by atoms with Crippen LogP contribution in [0.1, 0.15) is 31.7 Å². The lowest BCUT2D eigenvalue weighted by molar-refractivity contribution is 0.395. The van der Waals surface area contributed by atoms with Crippen molar-refractivity contribution in [3.63, 3.8) is 0 Å². The molecule has 1 aliphatic heterocycles. The molecule has 0 bridgehead atoms. The molecule has 1 heterocycles. The van der Waals surface area contributed by atoms with Crippen molar-refractivity contribution in [1.82, 2.24) is 0 Å². The number of rotatable bonds is 2. The zero-order valence-corrected chi connectivity index (χ0v) is 12.5. The average Bonchev–Trinajstić information content (AvgIpc) is 2.42. The smallest absolute Gasteiger partial charge is 0.162 e. The maximum Gasteiger partial charge on any atom is 0.162 e. The molecule has 2 rings (SSSR count). The highest BCUT2D eigenvalue weighted by molar-refractivity contribution is 9.10. The third-order valence-corrected chi connectivity index (χ3v) is 4.54. The highest BCUT2D eigenvalue weighted by Crippen LogP contribution is 2.34. The highest BCUT2D eigenvalue weighted by Gasteiger charge is 2.29. The minimum Gasteiger partial charge on any atom is -0.362 e. The van der Waals surface area contributed by atoms with Gasteiger partial charge in [0.05, 0.1) is 15.7 Å². The first-order chi connectivity index (χ1) is 9.10. The second-order valence-corrected chi connectivity index (χ2v) is 5.74. The number of hydrogen-bond acceptors (Lipinski definition) is 3. The Morgan fingerprint density at radius 2 is 2.26 bits per heavy atom. The van der Waals surface area contributed by atoms with Crippen LogP contribution in [0.3, 0.4) is 0 Å². The molecule has 0 radical (unpaired) electrons. The normalized spacial score (nSPS) is 23.2. The minimum atomic E-state index is -0.369. The van der Waals surface area contributed by atoms with E-state index in [2.05, 4.69) is 27.8 Å². The van der Waals surface area contributed by atoms with Crippen LogP contribution >= 0.6 is 15.9 Å². The van der Waals surface area contributed by atoms with E-state index >= 15 is 0 Å². The molecule has 19 heavy (non-hydrogen) atoms. The Morgan fingerprint density at radius 3 is 2.89 bits per heavy atom. The number of halogens is 2. The predicted octanol–water partition coefficient (Wildman–Crippen LogP) is 3.17. The molecule has 0 amide bonds. The van der Waals surface area contributed by atoms with Crippen molar-refractivity contribution in [3.8, 4) is 6.07 Å². The lowest BCUT2D eigenvalue weighted by Crippen LogP contribution is -2.49. The molecular formula is C14H17BrFN3. The molecule has 0 saturated carbocycles. The number of nitrogens with zero attached hydrogens (tertiary/aromatic N) is 2. The van der Waals surface area contributed by atoms with E-state index in [1.165, 1.54) is 0 Å². The quantitative estimate of drug-likeness (QED) is 0.908. The van der Waals surface area contributed by atoms with Crippen LogP contribution in [0.15, 0.2) is 16.6 Å². The number of piperidine rings is 1. The van der Waals surface area contributed by atoms with Crippen LogP contribution < -0.4 is 10.6 Å². The summed E-state index contributed by atoms with van der Waals surface area (Å²) in [7, 11) is 0. The van der Waals surface area contributed by atoms with Gasteiger partial charge in [0, 0.05) is 18.6 Å². The van der Waals surface area contributed by atoms with Gasteiger partial charge in [0.25, 0.3) is 0 Å². The van der Waals surface area contributed by atoms with Crippen molar-refractivity contribution in [3.05, 3.63) is 28.0 Å². The predicted molar refractivity (Wildman–Crippen MR) is 77.4 cm³/mol. The van der Waals surface area contributed by atoms with Gasteiger partial charge in [-0.25, -0.2) is 4.39 Å². The molecule has 3 nitrogen and oxygen atoms in total. The van der Waals surface area contributed by atoms with E-state index in [0.29, 0.717) is 17.8 Å². The fourth-order valence-electron chi connectivity index (χ4n) is 2.78. The maximum absolute atomic E-state index is 14.4. The third kappa shape index (κ3) is 2.60. The molecule has 0 spiro atoms. The topological polar surface area (TPSA) is 53.0 Å². The molecule has 2 N–H and O–H groups in total. The summed E-state index contributed by atoms with van der Waals surface area (Å²) in [6, 6.07) is 5.73. The van der Waals surface area contributed by atoms with Crippen LogP contribution in [0.4, 0.5) is 10.1 Å². The Labute approximate surface area is 121 Å². The molecule has 1 aliphatic rings. The fraction of sp³-hybridized carbons (Fsp3) is 0.500. The number of benzene rings is 1. The SMILES string of the molecule is CC1CCCC(CN)N1c1ccc(C#N)c(Br)c1F. The van der Waals surface area contributed by atoms with Crippen LogP contribution in [-0.4, -0.2) is 18.6 Å². The molecule has 1 fully saturated rings. The maximum atomic E-state index is 14.4. The van der Waals surface area contributed by atoms with Crippen molar-refractivity contribution >= 4 is 21.6 Å². The Kier molecular flexibility index (Phi) is 4.43. The number of nitrogens with two attached hydrogens (primary N) is 1. The van der Waals surface area contributed by atoms with Gasteiger partial charge in [-0.1, -0.05) is 0 Å². The van der Waals surface area contributed by atoms with Gasteiger partial charge in [0.2, 0.25) is 0 Å². The van der Waals surface area contributed by atoms with E-state index in [4.69, 9.17) is 11.0 Å². The Bertz CT molecular complexity index is 512. The molecule has 2 unspecified atom stereocenters. The van der Waals surface area contributed by atoms with Gasteiger partial charge >= 0.3 is 0 Å². The van der Waals surface area contributed by atoms with Crippen LogP contribution in [0.2, 0.25) is 0 Å². The largest absolute Gasteiger partial charge is 0.362 e. The van der Waals surface area contributed by atoms with Crippen molar-refractivity contribution in [1.29, 1.82) is 5.26 Å².